The number of carbonyl (C=O) groups is 1. The zero-order chi connectivity index (χ0) is 8.55. The Labute approximate surface area is 73.1 Å². The van der Waals surface area contributed by atoms with Crippen molar-refractivity contribution < 1.29 is 4.79 Å². The van der Waals surface area contributed by atoms with Crippen LogP contribution < -0.4 is 5.32 Å². The van der Waals surface area contributed by atoms with E-state index in [9.17, 15) is 4.79 Å². The molecule has 1 amide bonds. The maximum absolute atomic E-state index is 11.5. The highest BCUT2D eigenvalue weighted by Crippen LogP contribution is 2.26. The van der Waals surface area contributed by atoms with Gasteiger partial charge in [0.05, 0.1) is 6.54 Å². The first-order chi connectivity index (χ1) is 5.81. The molecule has 0 radical (unpaired) electrons. The third-order valence-electron chi connectivity index (χ3n) is 3.05. The molecule has 1 heterocycles. The quantitative estimate of drug-likeness (QED) is 0.613. The van der Waals surface area contributed by atoms with Crippen molar-refractivity contribution in [2.24, 2.45) is 0 Å². The molecule has 2 fully saturated rings. The summed E-state index contributed by atoms with van der Waals surface area (Å²) < 4.78 is 0. The van der Waals surface area contributed by atoms with Gasteiger partial charge in [-0.25, -0.2) is 0 Å². The normalized spacial score (nSPS) is 35.4. The van der Waals surface area contributed by atoms with Crippen molar-refractivity contribution in [3.8, 4) is 0 Å². The molecule has 2 unspecified atom stereocenters. The van der Waals surface area contributed by atoms with Crippen LogP contribution in [-0.4, -0.2) is 36.0 Å². The molecule has 1 N–H and O–H groups in total. The van der Waals surface area contributed by atoms with Crippen LogP contribution >= 0.6 is 0 Å². The van der Waals surface area contributed by atoms with Gasteiger partial charge >= 0.3 is 0 Å². The molecule has 2 aliphatic rings. The Morgan fingerprint density at radius 1 is 1.58 bits per heavy atom. The summed E-state index contributed by atoms with van der Waals surface area (Å²) in [5, 5.41) is 3.30. The maximum atomic E-state index is 11.5. The summed E-state index contributed by atoms with van der Waals surface area (Å²) in [5.41, 5.74) is 0. The Morgan fingerprint density at radius 2 is 2.42 bits per heavy atom. The van der Waals surface area contributed by atoms with Crippen LogP contribution in [0.2, 0.25) is 0 Å². The first-order valence-electron chi connectivity index (χ1n) is 4.84. The number of hydrogen-bond acceptors (Lipinski definition) is 2. The second-order valence-electron chi connectivity index (χ2n) is 3.72. The van der Waals surface area contributed by atoms with E-state index < -0.39 is 0 Å². The lowest BCUT2D eigenvalue weighted by Gasteiger charge is -2.26. The molecule has 1 aliphatic carbocycles. The van der Waals surface area contributed by atoms with E-state index >= 15 is 0 Å². The lowest BCUT2D eigenvalue weighted by Crippen LogP contribution is -2.41. The second-order valence-corrected chi connectivity index (χ2v) is 3.72. The van der Waals surface area contributed by atoms with Crippen molar-refractivity contribution in [3.63, 3.8) is 0 Å². The van der Waals surface area contributed by atoms with E-state index in [1.54, 1.807) is 0 Å². The molecule has 12 heavy (non-hydrogen) atoms. The maximum Gasteiger partial charge on any atom is 0.236 e. The van der Waals surface area contributed by atoms with Crippen LogP contribution in [0.5, 0.6) is 0 Å². The van der Waals surface area contributed by atoms with Gasteiger partial charge in [-0.05, 0) is 26.2 Å². The van der Waals surface area contributed by atoms with E-state index in [1.165, 1.54) is 19.3 Å². The molecule has 0 aromatic rings. The molecular formula is C9H16N2O. The fraction of sp³-hybridized carbons (Fsp3) is 0.889. The fourth-order valence-corrected chi connectivity index (χ4v) is 2.40. The minimum absolute atomic E-state index is 0.282. The van der Waals surface area contributed by atoms with Crippen molar-refractivity contribution in [3.05, 3.63) is 0 Å². The van der Waals surface area contributed by atoms with E-state index in [0.717, 1.165) is 6.54 Å². The molecule has 3 nitrogen and oxygen atoms in total. The number of nitrogens with zero attached hydrogens (tertiary/aromatic N) is 1. The zero-order valence-corrected chi connectivity index (χ0v) is 7.55. The molecule has 2 atom stereocenters. The summed E-state index contributed by atoms with van der Waals surface area (Å²) >= 11 is 0. The largest absolute Gasteiger partial charge is 0.339 e. The first kappa shape index (κ1) is 8.05. The van der Waals surface area contributed by atoms with Crippen LogP contribution in [0.3, 0.4) is 0 Å². The van der Waals surface area contributed by atoms with Crippen molar-refractivity contribution in [2.75, 3.05) is 13.1 Å². The Bertz CT molecular complexity index is 193. The van der Waals surface area contributed by atoms with E-state index in [4.69, 9.17) is 0 Å². The van der Waals surface area contributed by atoms with Gasteiger partial charge in [0, 0.05) is 18.6 Å². The lowest BCUT2D eigenvalue weighted by atomic mass is 10.2. The van der Waals surface area contributed by atoms with Gasteiger partial charge in [-0.3, -0.25) is 4.79 Å². The number of amides is 1. The molecule has 0 spiro atoms. The monoisotopic (exact) mass is 168 g/mol. The number of nitrogens with one attached hydrogen (secondary N) is 1. The van der Waals surface area contributed by atoms with Gasteiger partial charge in [0.25, 0.3) is 0 Å². The van der Waals surface area contributed by atoms with Crippen molar-refractivity contribution in [1.82, 2.24) is 10.2 Å². The third-order valence-corrected chi connectivity index (χ3v) is 3.05. The lowest BCUT2D eigenvalue weighted by molar-refractivity contribution is -0.131. The summed E-state index contributed by atoms with van der Waals surface area (Å²) in [5.74, 6) is 0.282. The van der Waals surface area contributed by atoms with Crippen LogP contribution in [-0.2, 0) is 4.79 Å². The molecular weight excluding hydrogens is 152 g/mol. The minimum atomic E-state index is 0.282. The Balaban J connectivity index is 2.12. The van der Waals surface area contributed by atoms with Crippen LogP contribution in [0.15, 0.2) is 0 Å². The Kier molecular flexibility index (Phi) is 2.05. The standard InChI is InChI=1S/C9H16N2O/c1-2-11-8-4-3-7(5-8)10-6-9(11)12/h7-8,10H,2-6H2,1H3. The van der Waals surface area contributed by atoms with Crippen molar-refractivity contribution in [1.29, 1.82) is 0 Å². The van der Waals surface area contributed by atoms with E-state index in [-0.39, 0.29) is 5.91 Å². The van der Waals surface area contributed by atoms with Gasteiger partial charge in [-0.15, -0.1) is 0 Å². The average Bonchev–Trinajstić information content (AvgIpc) is 2.43. The zero-order valence-electron chi connectivity index (χ0n) is 7.55. The smallest absolute Gasteiger partial charge is 0.236 e. The van der Waals surface area contributed by atoms with Gasteiger partial charge in [0.15, 0.2) is 0 Å². The molecule has 1 saturated heterocycles. The Morgan fingerprint density at radius 3 is 3.17 bits per heavy atom. The molecule has 2 bridgehead atoms. The highest BCUT2D eigenvalue weighted by molar-refractivity contribution is 5.79. The third kappa shape index (κ3) is 1.22. The number of carbonyl (C=O) groups excluding carboxylic acids is 1. The first-order valence-corrected chi connectivity index (χ1v) is 4.84. The van der Waals surface area contributed by atoms with Gasteiger partial charge in [-0.2, -0.15) is 0 Å². The predicted molar refractivity (Wildman–Crippen MR) is 46.8 cm³/mol. The number of rotatable bonds is 1. The molecule has 2 rings (SSSR count). The summed E-state index contributed by atoms with van der Waals surface area (Å²) in [7, 11) is 0. The summed E-state index contributed by atoms with van der Waals surface area (Å²) in [6, 6.07) is 1.14. The van der Waals surface area contributed by atoms with Gasteiger partial charge in [0.2, 0.25) is 5.91 Å². The molecule has 0 aromatic heterocycles. The van der Waals surface area contributed by atoms with E-state index in [2.05, 4.69) is 12.2 Å². The fourth-order valence-electron chi connectivity index (χ4n) is 2.40. The molecule has 68 valence electrons. The summed E-state index contributed by atoms with van der Waals surface area (Å²) in [4.78, 5) is 13.5. The van der Waals surface area contributed by atoms with Crippen LogP contribution in [0.4, 0.5) is 0 Å². The highest BCUT2D eigenvalue weighted by Gasteiger charge is 2.34. The van der Waals surface area contributed by atoms with E-state index in [1.807, 2.05) is 4.90 Å². The predicted octanol–water partition coefficient (Wildman–Crippen LogP) is 0.359. The average molecular weight is 168 g/mol. The van der Waals surface area contributed by atoms with Gasteiger partial charge < -0.3 is 10.2 Å². The van der Waals surface area contributed by atoms with Gasteiger partial charge in [-0.1, -0.05) is 0 Å². The molecule has 3 heteroatoms. The van der Waals surface area contributed by atoms with Crippen molar-refractivity contribution in [2.45, 2.75) is 38.3 Å². The Hall–Kier alpha value is -0.570. The SMILES string of the molecule is CCN1C(=O)CNC2CCC1C2. The number of hydrogen-bond donors (Lipinski definition) is 1. The second kappa shape index (κ2) is 3.05. The van der Waals surface area contributed by atoms with Gasteiger partial charge in [0.1, 0.15) is 0 Å². The topological polar surface area (TPSA) is 32.3 Å². The minimum Gasteiger partial charge on any atom is -0.339 e. The van der Waals surface area contributed by atoms with Crippen LogP contribution in [0.1, 0.15) is 26.2 Å². The van der Waals surface area contributed by atoms with Crippen molar-refractivity contribution >= 4 is 5.91 Å². The number of fused-ring (bicyclic) bond motifs is 2. The van der Waals surface area contributed by atoms with E-state index in [0.29, 0.717) is 18.6 Å². The summed E-state index contributed by atoms with van der Waals surface area (Å²) in [6.45, 7) is 3.49. The molecule has 1 aliphatic heterocycles. The van der Waals surface area contributed by atoms with Crippen LogP contribution in [0, 0.1) is 0 Å². The highest BCUT2D eigenvalue weighted by atomic mass is 16.2. The number of likely N-dealkylation sites (N-methyl/N-ethyl adjacent to an activating group) is 1. The molecule has 0 aromatic carbocycles. The van der Waals surface area contributed by atoms with Crippen LogP contribution in [0.25, 0.3) is 0 Å². The molecule has 1 saturated carbocycles. The summed E-state index contributed by atoms with van der Waals surface area (Å²) in [6.07, 6.45) is 3.60.